The Morgan fingerprint density at radius 1 is 1.32 bits per heavy atom. The lowest BCUT2D eigenvalue weighted by Crippen LogP contribution is -2.38. The number of anilines is 1. The van der Waals surface area contributed by atoms with Gasteiger partial charge in [-0.1, -0.05) is 0 Å². The standard InChI is InChI=1S/C11H16FN3O3S/c1-14(2)11(16)7-15(3)19(17,18)10-6-8(12)4-5-9(10)13/h4-6H,7,13H2,1-3H3. The molecule has 2 N–H and O–H groups in total. The van der Waals surface area contributed by atoms with E-state index < -0.39 is 15.8 Å². The fourth-order valence-electron chi connectivity index (χ4n) is 1.32. The van der Waals surface area contributed by atoms with Gasteiger partial charge in [0, 0.05) is 21.1 Å². The largest absolute Gasteiger partial charge is 0.398 e. The Bertz CT molecular complexity index is 587. The van der Waals surface area contributed by atoms with Crippen molar-refractivity contribution in [1.82, 2.24) is 9.21 Å². The summed E-state index contributed by atoms with van der Waals surface area (Å²) in [7, 11) is 0.264. The first kappa shape index (κ1) is 15.4. The topological polar surface area (TPSA) is 83.7 Å². The Labute approximate surface area is 111 Å². The molecular formula is C11H16FN3O3S. The summed E-state index contributed by atoms with van der Waals surface area (Å²) in [6.45, 7) is -0.342. The monoisotopic (exact) mass is 289 g/mol. The average Bonchev–Trinajstić information content (AvgIpc) is 2.31. The number of benzene rings is 1. The minimum absolute atomic E-state index is 0.0643. The number of halogens is 1. The summed E-state index contributed by atoms with van der Waals surface area (Å²) < 4.78 is 38.3. The van der Waals surface area contributed by atoms with Crippen LogP contribution >= 0.6 is 0 Å². The van der Waals surface area contributed by atoms with Crippen molar-refractivity contribution in [2.45, 2.75) is 4.90 Å². The molecule has 0 spiro atoms. The number of nitrogens with zero attached hydrogens (tertiary/aromatic N) is 2. The van der Waals surface area contributed by atoms with Crippen LogP contribution in [0.4, 0.5) is 10.1 Å². The molecule has 0 aliphatic rings. The number of likely N-dealkylation sites (N-methyl/N-ethyl adjacent to an activating group) is 2. The van der Waals surface area contributed by atoms with Gasteiger partial charge in [0.05, 0.1) is 12.2 Å². The molecule has 0 aliphatic heterocycles. The van der Waals surface area contributed by atoms with Crippen LogP contribution < -0.4 is 5.73 Å². The van der Waals surface area contributed by atoms with Crippen LogP contribution in [0, 0.1) is 5.82 Å². The molecule has 1 aromatic rings. The summed E-state index contributed by atoms with van der Waals surface area (Å²) in [6.07, 6.45) is 0. The number of sulfonamides is 1. The highest BCUT2D eigenvalue weighted by Crippen LogP contribution is 2.22. The van der Waals surface area contributed by atoms with Crippen molar-refractivity contribution < 1.29 is 17.6 Å². The lowest BCUT2D eigenvalue weighted by molar-refractivity contribution is -0.128. The molecule has 0 saturated heterocycles. The SMILES string of the molecule is CN(C)C(=O)CN(C)S(=O)(=O)c1cc(F)ccc1N. The summed E-state index contributed by atoms with van der Waals surface area (Å²) in [5, 5.41) is 0. The number of amides is 1. The summed E-state index contributed by atoms with van der Waals surface area (Å²) >= 11 is 0. The molecule has 0 bridgehead atoms. The molecular weight excluding hydrogens is 273 g/mol. The van der Waals surface area contributed by atoms with E-state index >= 15 is 0 Å². The van der Waals surface area contributed by atoms with E-state index in [2.05, 4.69) is 0 Å². The Hall–Kier alpha value is -1.67. The first-order valence-electron chi connectivity index (χ1n) is 5.37. The molecule has 0 fully saturated rings. The molecule has 0 heterocycles. The van der Waals surface area contributed by atoms with Gasteiger partial charge < -0.3 is 10.6 Å². The molecule has 8 heteroatoms. The van der Waals surface area contributed by atoms with E-state index in [0.717, 1.165) is 16.4 Å². The number of rotatable bonds is 4. The van der Waals surface area contributed by atoms with Crippen LogP contribution in [0.3, 0.4) is 0 Å². The quantitative estimate of drug-likeness (QED) is 0.798. The second kappa shape index (κ2) is 5.54. The van der Waals surface area contributed by atoms with E-state index in [-0.39, 0.29) is 23.0 Å². The molecule has 0 aromatic heterocycles. The van der Waals surface area contributed by atoms with E-state index in [1.807, 2.05) is 0 Å². The maximum atomic E-state index is 13.1. The lowest BCUT2D eigenvalue weighted by Gasteiger charge is -2.19. The zero-order valence-corrected chi connectivity index (χ0v) is 11.7. The minimum Gasteiger partial charge on any atom is -0.398 e. The maximum Gasteiger partial charge on any atom is 0.245 e. The predicted molar refractivity (Wildman–Crippen MR) is 69.3 cm³/mol. The van der Waals surface area contributed by atoms with Crippen molar-refractivity contribution in [3.8, 4) is 0 Å². The molecule has 106 valence electrons. The van der Waals surface area contributed by atoms with Crippen molar-refractivity contribution in [2.75, 3.05) is 33.4 Å². The van der Waals surface area contributed by atoms with Crippen LogP contribution in [0.2, 0.25) is 0 Å². The highest BCUT2D eigenvalue weighted by atomic mass is 32.2. The van der Waals surface area contributed by atoms with Gasteiger partial charge in [0.25, 0.3) is 0 Å². The van der Waals surface area contributed by atoms with Crippen molar-refractivity contribution in [3.05, 3.63) is 24.0 Å². The Morgan fingerprint density at radius 2 is 1.89 bits per heavy atom. The number of nitrogens with two attached hydrogens (primary N) is 1. The molecule has 0 unspecified atom stereocenters. The third-order valence-electron chi connectivity index (χ3n) is 2.52. The summed E-state index contributed by atoms with van der Waals surface area (Å²) in [5.41, 5.74) is 5.47. The predicted octanol–water partition coefficient (Wildman–Crippen LogP) is 0.117. The third kappa shape index (κ3) is 3.42. The van der Waals surface area contributed by atoms with Gasteiger partial charge in [-0.15, -0.1) is 0 Å². The maximum absolute atomic E-state index is 13.1. The fourth-order valence-corrected chi connectivity index (χ4v) is 2.56. The van der Waals surface area contributed by atoms with Crippen LogP contribution in [0.15, 0.2) is 23.1 Å². The summed E-state index contributed by atoms with van der Waals surface area (Å²) in [5.74, 6) is -1.10. The Kier molecular flexibility index (Phi) is 4.48. The van der Waals surface area contributed by atoms with Gasteiger partial charge >= 0.3 is 0 Å². The van der Waals surface area contributed by atoms with E-state index in [1.165, 1.54) is 32.1 Å². The van der Waals surface area contributed by atoms with Gasteiger partial charge in [0.2, 0.25) is 15.9 Å². The number of nitrogen functional groups attached to an aromatic ring is 1. The van der Waals surface area contributed by atoms with Gasteiger partial charge in [0.1, 0.15) is 10.7 Å². The molecule has 1 rings (SSSR count). The first-order valence-corrected chi connectivity index (χ1v) is 6.81. The molecule has 0 atom stereocenters. The average molecular weight is 289 g/mol. The van der Waals surface area contributed by atoms with E-state index in [9.17, 15) is 17.6 Å². The van der Waals surface area contributed by atoms with Gasteiger partial charge in [0.15, 0.2) is 0 Å². The molecule has 1 aromatic carbocycles. The molecule has 0 saturated carbocycles. The second-order valence-electron chi connectivity index (χ2n) is 4.23. The Balaban J connectivity index is 3.10. The van der Waals surface area contributed by atoms with Gasteiger partial charge in [-0.25, -0.2) is 12.8 Å². The zero-order valence-electron chi connectivity index (χ0n) is 10.9. The van der Waals surface area contributed by atoms with Gasteiger partial charge in [-0.3, -0.25) is 4.79 Å². The minimum atomic E-state index is -4.00. The number of hydrogen-bond acceptors (Lipinski definition) is 4. The fraction of sp³-hybridized carbons (Fsp3) is 0.364. The van der Waals surface area contributed by atoms with E-state index in [1.54, 1.807) is 0 Å². The van der Waals surface area contributed by atoms with Gasteiger partial charge in [-0.05, 0) is 18.2 Å². The van der Waals surface area contributed by atoms with Crippen molar-refractivity contribution in [1.29, 1.82) is 0 Å². The normalized spacial score (nSPS) is 11.6. The highest BCUT2D eigenvalue weighted by molar-refractivity contribution is 7.89. The Morgan fingerprint density at radius 3 is 2.42 bits per heavy atom. The van der Waals surface area contributed by atoms with Gasteiger partial charge in [-0.2, -0.15) is 4.31 Å². The van der Waals surface area contributed by atoms with Crippen molar-refractivity contribution in [2.24, 2.45) is 0 Å². The van der Waals surface area contributed by atoms with Crippen LogP contribution in [-0.4, -0.2) is 51.2 Å². The van der Waals surface area contributed by atoms with Crippen molar-refractivity contribution in [3.63, 3.8) is 0 Å². The highest BCUT2D eigenvalue weighted by Gasteiger charge is 2.26. The van der Waals surface area contributed by atoms with Crippen LogP contribution in [-0.2, 0) is 14.8 Å². The van der Waals surface area contributed by atoms with Crippen LogP contribution in [0.25, 0.3) is 0 Å². The van der Waals surface area contributed by atoms with Crippen LogP contribution in [0.1, 0.15) is 0 Å². The van der Waals surface area contributed by atoms with Crippen LogP contribution in [0.5, 0.6) is 0 Å². The zero-order chi connectivity index (χ0) is 14.8. The van der Waals surface area contributed by atoms with Crippen molar-refractivity contribution >= 4 is 21.6 Å². The summed E-state index contributed by atoms with van der Waals surface area (Å²) in [6, 6.07) is 3.07. The van der Waals surface area contributed by atoms with E-state index in [0.29, 0.717) is 0 Å². The molecule has 0 radical (unpaired) electrons. The van der Waals surface area contributed by atoms with E-state index in [4.69, 9.17) is 5.73 Å². The molecule has 0 aliphatic carbocycles. The second-order valence-corrected chi connectivity index (χ2v) is 6.24. The molecule has 19 heavy (non-hydrogen) atoms. The molecule has 6 nitrogen and oxygen atoms in total. The number of hydrogen-bond donors (Lipinski definition) is 1. The summed E-state index contributed by atoms with van der Waals surface area (Å²) in [4.78, 5) is 12.4. The first-order chi connectivity index (χ1) is 8.66. The molecule has 1 amide bonds. The third-order valence-corrected chi connectivity index (χ3v) is 4.38. The number of carbonyl (C=O) groups excluding carboxylic acids is 1. The lowest BCUT2D eigenvalue weighted by atomic mass is 10.3. The number of carbonyl (C=O) groups is 1. The smallest absolute Gasteiger partial charge is 0.245 e.